The first-order valence-corrected chi connectivity index (χ1v) is 8.74. The lowest BCUT2D eigenvalue weighted by Crippen LogP contribution is -2.36. The van der Waals surface area contributed by atoms with Crippen molar-refractivity contribution in [2.24, 2.45) is 0 Å². The summed E-state index contributed by atoms with van der Waals surface area (Å²) in [7, 11) is 3.24. The fourth-order valence-corrected chi connectivity index (χ4v) is 3.16. The van der Waals surface area contributed by atoms with Gasteiger partial charge in [-0.25, -0.2) is 4.39 Å². The highest BCUT2D eigenvalue weighted by Crippen LogP contribution is 2.30. The fraction of sp³-hybridized carbons (Fsp3) is 0.400. The zero-order chi connectivity index (χ0) is 18.4. The average Bonchev–Trinajstić information content (AvgIpc) is 2.68. The van der Waals surface area contributed by atoms with Crippen molar-refractivity contribution >= 4 is 5.69 Å². The van der Waals surface area contributed by atoms with Crippen LogP contribution in [0.3, 0.4) is 0 Å². The largest absolute Gasteiger partial charge is 0.493 e. The molecule has 1 fully saturated rings. The monoisotopic (exact) mass is 360 g/mol. The van der Waals surface area contributed by atoms with Crippen LogP contribution < -0.4 is 19.7 Å². The van der Waals surface area contributed by atoms with Gasteiger partial charge in [-0.1, -0.05) is 18.2 Å². The van der Waals surface area contributed by atoms with Crippen LogP contribution in [0.2, 0.25) is 0 Å². The average molecular weight is 360 g/mol. The Kier molecular flexibility index (Phi) is 6.30. The summed E-state index contributed by atoms with van der Waals surface area (Å²) >= 11 is 0. The number of ether oxygens (including phenoxy) is 3. The van der Waals surface area contributed by atoms with Crippen LogP contribution in [0, 0.1) is 5.82 Å². The molecule has 0 saturated carbocycles. The second-order valence-electron chi connectivity index (χ2n) is 6.14. The quantitative estimate of drug-likeness (QED) is 0.822. The predicted molar refractivity (Wildman–Crippen MR) is 99.5 cm³/mol. The summed E-state index contributed by atoms with van der Waals surface area (Å²) < 4.78 is 30.5. The van der Waals surface area contributed by atoms with E-state index >= 15 is 0 Å². The third-order valence-corrected chi connectivity index (χ3v) is 4.49. The van der Waals surface area contributed by atoms with E-state index in [0.717, 1.165) is 30.0 Å². The second kappa shape index (κ2) is 8.87. The number of nitrogens with one attached hydrogen (secondary N) is 1. The van der Waals surface area contributed by atoms with Gasteiger partial charge in [0.15, 0.2) is 11.5 Å². The molecule has 3 rings (SSSR count). The Hall–Kier alpha value is -2.31. The van der Waals surface area contributed by atoms with Crippen molar-refractivity contribution in [3.05, 3.63) is 53.3 Å². The standard InChI is InChI=1S/C20H25FN2O3/c1-24-19-5-3-4-16(20(19)25-2)14-22-13-15-6-7-18(17(21)12-15)23-8-10-26-11-9-23/h3-7,12,22H,8-11,13-14H2,1-2H3. The molecule has 1 N–H and O–H groups in total. The van der Waals surface area contributed by atoms with Gasteiger partial charge in [-0.15, -0.1) is 0 Å². The zero-order valence-electron chi connectivity index (χ0n) is 15.3. The number of anilines is 1. The van der Waals surface area contributed by atoms with Crippen LogP contribution in [0.5, 0.6) is 11.5 Å². The highest BCUT2D eigenvalue weighted by molar-refractivity contribution is 5.49. The van der Waals surface area contributed by atoms with Gasteiger partial charge in [-0.2, -0.15) is 0 Å². The highest BCUT2D eigenvalue weighted by atomic mass is 19.1. The van der Waals surface area contributed by atoms with Gasteiger partial charge in [0.05, 0.1) is 33.1 Å². The molecule has 1 saturated heterocycles. The lowest BCUT2D eigenvalue weighted by molar-refractivity contribution is 0.122. The number of para-hydroxylation sites is 1. The summed E-state index contributed by atoms with van der Waals surface area (Å²) in [5.41, 5.74) is 2.55. The lowest BCUT2D eigenvalue weighted by atomic mass is 10.1. The molecular formula is C20H25FN2O3. The smallest absolute Gasteiger partial charge is 0.165 e. The molecule has 0 aromatic heterocycles. The molecule has 2 aromatic rings. The Morgan fingerprint density at radius 2 is 1.88 bits per heavy atom. The van der Waals surface area contributed by atoms with E-state index in [-0.39, 0.29) is 5.82 Å². The van der Waals surface area contributed by atoms with Crippen molar-refractivity contribution in [3.8, 4) is 11.5 Å². The van der Waals surface area contributed by atoms with E-state index in [2.05, 4.69) is 5.32 Å². The topological polar surface area (TPSA) is 43.0 Å². The second-order valence-corrected chi connectivity index (χ2v) is 6.14. The van der Waals surface area contributed by atoms with Gasteiger partial charge in [0.2, 0.25) is 0 Å². The predicted octanol–water partition coefficient (Wildman–Crippen LogP) is 2.97. The number of hydrogen-bond acceptors (Lipinski definition) is 5. The Labute approximate surface area is 153 Å². The van der Waals surface area contributed by atoms with E-state index in [1.54, 1.807) is 20.3 Å². The first-order valence-electron chi connectivity index (χ1n) is 8.74. The Morgan fingerprint density at radius 3 is 2.58 bits per heavy atom. The van der Waals surface area contributed by atoms with Crippen molar-refractivity contribution in [1.29, 1.82) is 0 Å². The van der Waals surface area contributed by atoms with Crippen LogP contribution >= 0.6 is 0 Å². The molecule has 6 heteroatoms. The molecule has 1 aliphatic heterocycles. The maximum Gasteiger partial charge on any atom is 0.165 e. The van der Waals surface area contributed by atoms with E-state index in [1.165, 1.54) is 0 Å². The molecule has 1 heterocycles. The van der Waals surface area contributed by atoms with Gasteiger partial charge in [-0.3, -0.25) is 0 Å². The number of halogens is 1. The summed E-state index contributed by atoms with van der Waals surface area (Å²) in [6.45, 7) is 3.92. The maximum absolute atomic E-state index is 14.5. The minimum absolute atomic E-state index is 0.190. The molecule has 2 aromatic carbocycles. The van der Waals surface area contributed by atoms with Crippen LogP contribution in [-0.4, -0.2) is 40.5 Å². The highest BCUT2D eigenvalue weighted by Gasteiger charge is 2.15. The van der Waals surface area contributed by atoms with Crippen molar-refractivity contribution in [1.82, 2.24) is 5.32 Å². The number of benzene rings is 2. The van der Waals surface area contributed by atoms with Gasteiger partial charge in [0, 0.05) is 31.7 Å². The van der Waals surface area contributed by atoms with Gasteiger partial charge in [-0.05, 0) is 23.8 Å². The number of rotatable bonds is 7. The van der Waals surface area contributed by atoms with Crippen LogP contribution in [0.4, 0.5) is 10.1 Å². The van der Waals surface area contributed by atoms with Gasteiger partial charge in [0.1, 0.15) is 5.82 Å². The van der Waals surface area contributed by atoms with E-state index in [4.69, 9.17) is 14.2 Å². The van der Waals surface area contributed by atoms with Crippen molar-refractivity contribution in [2.75, 3.05) is 45.4 Å². The number of methoxy groups -OCH3 is 2. The molecule has 140 valence electrons. The summed E-state index contributed by atoms with van der Waals surface area (Å²) in [6.07, 6.45) is 0. The Morgan fingerprint density at radius 1 is 1.08 bits per heavy atom. The summed E-state index contributed by atoms with van der Waals surface area (Å²) in [5.74, 6) is 1.23. The van der Waals surface area contributed by atoms with Gasteiger partial charge in [0.25, 0.3) is 0 Å². The number of nitrogens with zero attached hydrogens (tertiary/aromatic N) is 1. The van der Waals surface area contributed by atoms with Crippen molar-refractivity contribution in [3.63, 3.8) is 0 Å². The Balaban J connectivity index is 1.61. The normalized spacial score (nSPS) is 14.3. The van der Waals surface area contributed by atoms with Crippen LogP contribution in [-0.2, 0) is 17.8 Å². The minimum Gasteiger partial charge on any atom is -0.493 e. The van der Waals surface area contributed by atoms with E-state index in [1.807, 2.05) is 35.2 Å². The first-order chi connectivity index (χ1) is 12.7. The minimum atomic E-state index is -0.190. The lowest BCUT2D eigenvalue weighted by Gasteiger charge is -2.29. The SMILES string of the molecule is COc1cccc(CNCc2ccc(N3CCOCC3)c(F)c2)c1OC. The summed E-state index contributed by atoms with van der Waals surface area (Å²) in [5, 5.41) is 3.33. The van der Waals surface area contributed by atoms with Gasteiger partial charge < -0.3 is 24.4 Å². The van der Waals surface area contributed by atoms with Crippen LogP contribution in [0.1, 0.15) is 11.1 Å². The molecule has 0 atom stereocenters. The fourth-order valence-electron chi connectivity index (χ4n) is 3.16. The van der Waals surface area contributed by atoms with Crippen LogP contribution in [0.25, 0.3) is 0 Å². The van der Waals surface area contributed by atoms with E-state index in [0.29, 0.717) is 37.7 Å². The number of morpholine rings is 1. The molecule has 5 nitrogen and oxygen atoms in total. The third-order valence-electron chi connectivity index (χ3n) is 4.49. The van der Waals surface area contributed by atoms with Crippen molar-refractivity contribution in [2.45, 2.75) is 13.1 Å². The Bertz CT molecular complexity index is 733. The zero-order valence-corrected chi connectivity index (χ0v) is 15.3. The molecule has 1 aliphatic rings. The van der Waals surface area contributed by atoms with Gasteiger partial charge >= 0.3 is 0 Å². The molecule has 0 spiro atoms. The summed E-state index contributed by atoms with van der Waals surface area (Å²) in [6, 6.07) is 11.2. The first kappa shape index (κ1) is 18.5. The molecule has 0 radical (unpaired) electrons. The molecule has 0 unspecified atom stereocenters. The summed E-state index contributed by atoms with van der Waals surface area (Å²) in [4.78, 5) is 2.02. The molecule has 0 aliphatic carbocycles. The molecule has 0 amide bonds. The van der Waals surface area contributed by atoms with E-state index < -0.39 is 0 Å². The number of hydrogen-bond donors (Lipinski definition) is 1. The molecule has 0 bridgehead atoms. The third kappa shape index (κ3) is 4.26. The maximum atomic E-state index is 14.5. The molecule has 26 heavy (non-hydrogen) atoms. The van der Waals surface area contributed by atoms with Crippen LogP contribution in [0.15, 0.2) is 36.4 Å². The van der Waals surface area contributed by atoms with Crippen molar-refractivity contribution < 1.29 is 18.6 Å². The molecular weight excluding hydrogens is 335 g/mol. The van der Waals surface area contributed by atoms with E-state index in [9.17, 15) is 4.39 Å².